The van der Waals surface area contributed by atoms with Gasteiger partial charge < -0.3 is 20.6 Å². The summed E-state index contributed by atoms with van der Waals surface area (Å²) in [6, 6.07) is -0.986. The zero-order valence-corrected chi connectivity index (χ0v) is 22.3. The molecule has 19 heteroatoms. The molecule has 0 saturated carbocycles. The number of carboxylic acids is 1. The smallest absolute Gasteiger partial charge is 0.352 e. The molecular formula is C18H18ClN9O6S3. The lowest BCUT2D eigenvalue weighted by atomic mass is 10.0. The molecule has 2 aliphatic rings. The minimum Gasteiger partial charge on any atom is -0.477 e. The fourth-order valence-corrected chi connectivity index (χ4v) is 6.50. The number of alkyl halides is 1. The molecular weight excluding hydrogens is 570 g/mol. The predicted octanol–water partition coefficient (Wildman–Crippen LogP) is -0.275. The van der Waals surface area contributed by atoms with Gasteiger partial charge in [-0.3, -0.25) is 19.3 Å². The number of oxime groups is 1. The molecule has 2 aromatic rings. The number of amides is 3. The van der Waals surface area contributed by atoms with E-state index in [0.29, 0.717) is 16.5 Å². The van der Waals surface area contributed by atoms with E-state index in [1.807, 2.05) is 0 Å². The van der Waals surface area contributed by atoms with Crippen molar-refractivity contribution in [2.45, 2.75) is 16.6 Å². The van der Waals surface area contributed by atoms with E-state index >= 15 is 0 Å². The fourth-order valence-electron chi connectivity index (χ4n) is 3.39. The van der Waals surface area contributed by atoms with Gasteiger partial charge in [-0.25, -0.2) is 14.5 Å². The summed E-state index contributed by atoms with van der Waals surface area (Å²) < 4.78 is 1.46. The van der Waals surface area contributed by atoms with Crippen LogP contribution < -0.4 is 10.6 Å². The third-order valence-corrected chi connectivity index (χ3v) is 8.44. The molecule has 196 valence electrons. The van der Waals surface area contributed by atoms with Crippen LogP contribution in [0.2, 0.25) is 0 Å². The van der Waals surface area contributed by atoms with Crippen LogP contribution in [0, 0.1) is 0 Å². The number of fused-ring (bicyclic) bond motifs is 1. The normalized spacial score (nSPS) is 19.3. The van der Waals surface area contributed by atoms with E-state index in [1.54, 1.807) is 7.05 Å². The van der Waals surface area contributed by atoms with Crippen molar-refractivity contribution in [3.05, 3.63) is 22.3 Å². The van der Waals surface area contributed by atoms with E-state index in [1.165, 1.54) is 45.6 Å². The SMILES string of the molecule is CON=C(C(=O)NC1C(=O)N2C(C(=O)O)=C(CSc3nnnn3C)CS[C@@H]12)c1csc(NC(=O)CCl)n1. The summed E-state index contributed by atoms with van der Waals surface area (Å²) in [5.74, 6) is -2.71. The van der Waals surface area contributed by atoms with Gasteiger partial charge in [0.2, 0.25) is 11.1 Å². The number of nitrogens with one attached hydrogen (secondary N) is 2. The molecule has 3 N–H and O–H groups in total. The summed E-state index contributed by atoms with van der Waals surface area (Å²) in [4.78, 5) is 59.6. The number of halogens is 1. The highest BCUT2D eigenvalue weighted by Gasteiger charge is 2.54. The molecule has 15 nitrogen and oxygen atoms in total. The van der Waals surface area contributed by atoms with Gasteiger partial charge >= 0.3 is 5.97 Å². The van der Waals surface area contributed by atoms with Crippen molar-refractivity contribution in [3.8, 4) is 0 Å². The molecule has 2 aliphatic heterocycles. The van der Waals surface area contributed by atoms with Gasteiger partial charge in [-0.1, -0.05) is 16.9 Å². The van der Waals surface area contributed by atoms with E-state index in [9.17, 15) is 24.3 Å². The van der Waals surface area contributed by atoms with Gasteiger partial charge in [-0.2, -0.15) is 0 Å². The maximum atomic E-state index is 13.0. The lowest BCUT2D eigenvalue weighted by molar-refractivity contribution is -0.150. The number of rotatable bonds is 10. The second kappa shape index (κ2) is 11.4. The van der Waals surface area contributed by atoms with Crippen LogP contribution in [0.25, 0.3) is 0 Å². The largest absolute Gasteiger partial charge is 0.477 e. The number of nitrogens with zero attached hydrogens (tertiary/aromatic N) is 7. The Labute approximate surface area is 226 Å². The topological polar surface area (TPSA) is 194 Å². The predicted molar refractivity (Wildman–Crippen MR) is 134 cm³/mol. The number of carboxylic acid groups (broad SMARTS) is 1. The number of carbonyl (C=O) groups excluding carboxylic acids is 3. The lowest BCUT2D eigenvalue weighted by Crippen LogP contribution is -2.71. The number of carbonyl (C=O) groups is 4. The van der Waals surface area contributed by atoms with Crippen LogP contribution in [0.4, 0.5) is 5.13 Å². The van der Waals surface area contributed by atoms with Crippen LogP contribution in [-0.2, 0) is 31.1 Å². The first kappa shape index (κ1) is 26.8. The molecule has 0 radical (unpaired) electrons. The van der Waals surface area contributed by atoms with Gasteiger partial charge in [-0.15, -0.1) is 39.8 Å². The van der Waals surface area contributed by atoms with Crippen molar-refractivity contribution < 1.29 is 29.1 Å². The Kier molecular flexibility index (Phi) is 8.30. The number of aromatic nitrogens is 5. The number of thioether (sulfide) groups is 2. The van der Waals surface area contributed by atoms with Crippen LogP contribution in [0.5, 0.6) is 0 Å². The zero-order chi connectivity index (χ0) is 26.7. The van der Waals surface area contributed by atoms with Gasteiger partial charge in [0.25, 0.3) is 11.8 Å². The quantitative estimate of drug-likeness (QED) is 0.108. The molecule has 2 atom stereocenters. The highest BCUT2D eigenvalue weighted by atomic mass is 35.5. The number of hydrogen-bond acceptors (Lipinski definition) is 13. The van der Waals surface area contributed by atoms with Crippen LogP contribution in [0.3, 0.4) is 0 Å². The Morgan fingerprint density at radius 1 is 1.41 bits per heavy atom. The maximum absolute atomic E-state index is 13.0. The van der Waals surface area contributed by atoms with Crippen molar-refractivity contribution in [3.63, 3.8) is 0 Å². The van der Waals surface area contributed by atoms with Gasteiger partial charge in [0.05, 0.1) is 0 Å². The Morgan fingerprint density at radius 2 is 2.19 bits per heavy atom. The number of hydrogen-bond donors (Lipinski definition) is 3. The van der Waals surface area contributed by atoms with Gasteiger partial charge in [0, 0.05) is 23.9 Å². The number of aliphatic carboxylic acids is 1. The summed E-state index contributed by atoms with van der Waals surface area (Å²) in [6.45, 7) is 0. The van der Waals surface area contributed by atoms with E-state index in [2.05, 4.69) is 36.3 Å². The van der Waals surface area contributed by atoms with Gasteiger partial charge in [0.15, 0.2) is 10.8 Å². The molecule has 0 bridgehead atoms. The average molecular weight is 588 g/mol. The molecule has 1 saturated heterocycles. The van der Waals surface area contributed by atoms with Crippen molar-refractivity contribution in [2.24, 2.45) is 12.2 Å². The second-order valence-electron chi connectivity index (χ2n) is 7.33. The monoisotopic (exact) mass is 587 g/mol. The highest BCUT2D eigenvalue weighted by molar-refractivity contribution is 8.01. The number of tetrazole rings is 1. The van der Waals surface area contributed by atoms with Crippen molar-refractivity contribution >= 4 is 81.0 Å². The van der Waals surface area contributed by atoms with Crippen molar-refractivity contribution in [1.29, 1.82) is 0 Å². The number of aryl methyl sites for hydroxylation is 1. The third kappa shape index (κ3) is 5.55. The summed E-state index contributed by atoms with van der Waals surface area (Å²) in [5, 5.41) is 31.3. The summed E-state index contributed by atoms with van der Waals surface area (Å²) >= 11 is 9.10. The zero-order valence-electron chi connectivity index (χ0n) is 19.1. The Morgan fingerprint density at radius 3 is 2.84 bits per heavy atom. The maximum Gasteiger partial charge on any atom is 0.352 e. The molecule has 4 rings (SSSR count). The van der Waals surface area contributed by atoms with E-state index in [0.717, 1.165) is 11.3 Å². The van der Waals surface area contributed by atoms with E-state index < -0.39 is 35.1 Å². The van der Waals surface area contributed by atoms with Gasteiger partial charge in [-0.05, 0) is 16.0 Å². The molecule has 3 amide bonds. The highest BCUT2D eigenvalue weighted by Crippen LogP contribution is 2.41. The molecule has 37 heavy (non-hydrogen) atoms. The van der Waals surface area contributed by atoms with Crippen LogP contribution >= 0.6 is 46.5 Å². The summed E-state index contributed by atoms with van der Waals surface area (Å²) in [6.07, 6.45) is 0. The van der Waals surface area contributed by atoms with Crippen LogP contribution in [0.1, 0.15) is 5.69 Å². The molecule has 2 aromatic heterocycles. The molecule has 1 fully saturated rings. The minimum atomic E-state index is -1.24. The standard InChI is InChI=1S/C18H18ClN9O6S3/c1-27-18(23-25-26-27)37-5-7-4-35-15-11(14(31)28(15)12(7)16(32)33)22-13(30)10(24-34-2)8-6-36-17(20-8)21-9(29)3-19/h6,11,15H,3-5H2,1-2H3,(H,22,30)(H,32,33)(H,20,21,29)/t11?,15-/m0/s1. The summed E-state index contributed by atoms with van der Waals surface area (Å²) in [7, 11) is 2.90. The van der Waals surface area contributed by atoms with E-state index in [-0.39, 0.29) is 33.9 Å². The molecule has 0 spiro atoms. The lowest BCUT2D eigenvalue weighted by Gasteiger charge is -2.49. The number of thiazole rings is 1. The third-order valence-electron chi connectivity index (χ3n) is 5.01. The van der Waals surface area contributed by atoms with E-state index in [4.69, 9.17) is 16.4 Å². The first-order valence-corrected chi connectivity index (χ1v) is 13.7. The number of β-lactam (4-membered cyclic amide) rings is 1. The Hall–Kier alpha value is -3.22. The van der Waals surface area contributed by atoms with Gasteiger partial charge in [0.1, 0.15) is 35.8 Å². The minimum absolute atomic E-state index is 0.109. The Bertz CT molecular complexity index is 1310. The van der Waals surface area contributed by atoms with Crippen LogP contribution in [-0.4, -0.2) is 101 Å². The molecule has 0 aliphatic carbocycles. The molecule has 1 unspecified atom stereocenters. The first-order valence-electron chi connectivity index (χ1n) is 10.2. The molecule has 0 aromatic carbocycles. The fraction of sp³-hybridized carbons (Fsp3) is 0.389. The van der Waals surface area contributed by atoms with Crippen molar-refractivity contribution in [1.82, 2.24) is 35.4 Å². The first-order chi connectivity index (χ1) is 17.7. The van der Waals surface area contributed by atoms with Crippen molar-refractivity contribution in [2.75, 3.05) is 29.8 Å². The second-order valence-corrected chi connectivity index (χ2v) is 10.5. The Balaban J connectivity index is 1.47. The summed E-state index contributed by atoms with van der Waals surface area (Å²) in [5.41, 5.74) is 0.306. The average Bonchev–Trinajstić information content (AvgIpc) is 3.51. The molecule has 4 heterocycles. The van der Waals surface area contributed by atoms with Crippen LogP contribution in [0.15, 0.2) is 27.0 Å². The number of anilines is 1.